The molecule has 0 aliphatic heterocycles. The molecule has 0 aliphatic rings. The van der Waals surface area contributed by atoms with Crippen LogP contribution < -0.4 is 10.6 Å². The van der Waals surface area contributed by atoms with Crippen molar-refractivity contribution < 1.29 is 14.0 Å². The van der Waals surface area contributed by atoms with E-state index in [1.54, 1.807) is 12.4 Å². The fourth-order valence-electron chi connectivity index (χ4n) is 2.29. The van der Waals surface area contributed by atoms with Crippen molar-refractivity contribution in [2.24, 2.45) is 0 Å². The number of amides is 2. The van der Waals surface area contributed by atoms with E-state index in [4.69, 9.17) is 0 Å². The second kappa shape index (κ2) is 9.61. The maximum absolute atomic E-state index is 12.8. The van der Waals surface area contributed by atoms with Gasteiger partial charge in [-0.2, -0.15) is 0 Å². The van der Waals surface area contributed by atoms with Crippen molar-refractivity contribution in [1.29, 1.82) is 0 Å². The first-order valence-electron chi connectivity index (χ1n) is 8.40. The van der Waals surface area contributed by atoms with Gasteiger partial charge in [-0.1, -0.05) is 30.3 Å². The summed E-state index contributed by atoms with van der Waals surface area (Å²) in [5.41, 5.74) is 1.89. The van der Waals surface area contributed by atoms with Crippen molar-refractivity contribution in [2.75, 3.05) is 22.1 Å². The van der Waals surface area contributed by atoms with Crippen molar-refractivity contribution in [3.8, 4) is 11.4 Å². The molecule has 2 aromatic carbocycles. The van der Waals surface area contributed by atoms with Crippen LogP contribution in [0.25, 0.3) is 11.4 Å². The highest BCUT2D eigenvalue weighted by atomic mass is 32.2. The summed E-state index contributed by atoms with van der Waals surface area (Å²) < 4.78 is 12.8. The highest BCUT2D eigenvalue weighted by Crippen LogP contribution is 2.15. The summed E-state index contributed by atoms with van der Waals surface area (Å²) in [4.78, 5) is 32.3. The number of halogens is 1. The zero-order valence-corrected chi connectivity index (χ0v) is 15.6. The Hall–Kier alpha value is -3.26. The van der Waals surface area contributed by atoms with Crippen LogP contribution in [0.3, 0.4) is 0 Å². The maximum atomic E-state index is 12.8. The summed E-state index contributed by atoms with van der Waals surface area (Å²) in [7, 11) is 0. The van der Waals surface area contributed by atoms with Crippen molar-refractivity contribution in [3.05, 3.63) is 72.8 Å². The molecule has 0 aliphatic carbocycles. The highest BCUT2D eigenvalue weighted by molar-refractivity contribution is 8.00. The van der Waals surface area contributed by atoms with Crippen LogP contribution in [0.2, 0.25) is 0 Å². The quantitative estimate of drug-likeness (QED) is 0.638. The molecule has 0 bridgehead atoms. The van der Waals surface area contributed by atoms with Crippen LogP contribution in [-0.2, 0) is 9.59 Å². The van der Waals surface area contributed by atoms with Gasteiger partial charge in [-0.15, -0.1) is 11.8 Å². The molecule has 142 valence electrons. The van der Waals surface area contributed by atoms with E-state index in [0.29, 0.717) is 17.2 Å². The van der Waals surface area contributed by atoms with E-state index in [0.717, 1.165) is 5.56 Å². The smallest absolute Gasteiger partial charge is 0.234 e. The van der Waals surface area contributed by atoms with Crippen molar-refractivity contribution in [3.63, 3.8) is 0 Å². The minimum Gasteiger partial charge on any atom is -0.325 e. The SMILES string of the molecule is O=C(CSCC(=O)Nc1cnc(-c2ccccc2)nc1)Nc1ccc(F)cc1. The summed E-state index contributed by atoms with van der Waals surface area (Å²) in [6.45, 7) is 0. The normalized spacial score (nSPS) is 10.3. The molecule has 2 amide bonds. The van der Waals surface area contributed by atoms with E-state index in [1.165, 1.54) is 36.0 Å². The molecule has 0 saturated carbocycles. The average Bonchev–Trinajstić information content (AvgIpc) is 2.71. The van der Waals surface area contributed by atoms with Gasteiger partial charge in [0.25, 0.3) is 0 Å². The molecule has 0 unspecified atom stereocenters. The first-order valence-corrected chi connectivity index (χ1v) is 9.56. The van der Waals surface area contributed by atoms with E-state index in [-0.39, 0.29) is 29.1 Å². The molecular formula is C20H17FN4O2S. The van der Waals surface area contributed by atoms with E-state index in [1.807, 2.05) is 30.3 Å². The van der Waals surface area contributed by atoms with Crippen molar-refractivity contribution in [1.82, 2.24) is 9.97 Å². The molecule has 0 spiro atoms. The van der Waals surface area contributed by atoms with Crippen LogP contribution in [-0.4, -0.2) is 33.3 Å². The number of hydrogen-bond donors (Lipinski definition) is 2. The Morgan fingerprint density at radius 2 is 1.39 bits per heavy atom. The number of carbonyl (C=O) groups excluding carboxylic acids is 2. The van der Waals surface area contributed by atoms with Crippen molar-refractivity contribution >= 4 is 35.0 Å². The Labute approximate surface area is 165 Å². The van der Waals surface area contributed by atoms with Gasteiger partial charge in [-0.3, -0.25) is 9.59 Å². The van der Waals surface area contributed by atoms with Gasteiger partial charge in [0.2, 0.25) is 11.8 Å². The van der Waals surface area contributed by atoms with Gasteiger partial charge in [0, 0.05) is 11.3 Å². The highest BCUT2D eigenvalue weighted by Gasteiger charge is 2.08. The van der Waals surface area contributed by atoms with Crippen LogP contribution in [0, 0.1) is 5.82 Å². The molecule has 0 atom stereocenters. The lowest BCUT2D eigenvalue weighted by atomic mass is 10.2. The zero-order chi connectivity index (χ0) is 19.8. The number of nitrogens with zero attached hydrogens (tertiary/aromatic N) is 2. The number of nitrogens with one attached hydrogen (secondary N) is 2. The monoisotopic (exact) mass is 396 g/mol. The second-order valence-electron chi connectivity index (χ2n) is 5.76. The Morgan fingerprint density at radius 3 is 2.00 bits per heavy atom. The lowest BCUT2D eigenvalue weighted by molar-refractivity contribution is -0.114. The van der Waals surface area contributed by atoms with Gasteiger partial charge in [0.1, 0.15) is 5.82 Å². The topological polar surface area (TPSA) is 84.0 Å². The fourth-order valence-corrected chi connectivity index (χ4v) is 2.91. The van der Waals surface area contributed by atoms with Gasteiger partial charge >= 0.3 is 0 Å². The summed E-state index contributed by atoms with van der Waals surface area (Å²) >= 11 is 1.17. The average molecular weight is 396 g/mol. The molecule has 0 saturated heterocycles. The summed E-state index contributed by atoms with van der Waals surface area (Å²) in [6, 6.07) is 15.0. The molecule has 2 N–H and O–H groups in total. The Morgan fingerprint density at radius 1 is 0.821 bits per heavy atom. The van der Waals surface area contributed by atoms with Crippen LogP contribution in [0.1, 0.15) is 0 Å². The minimum atomic E-state index is -0.371. The lowest BCUT2D eigenvalue weighted by Gasteiger charge is -2.06. The number of thioether (sulfide) groups is 1. The number of carbonyl (C=O) groups is 2. The molecule has 8 heteroatoms. The zero-order valence-electron chi connectivity index (χ0n) is 14.8. The van der Waals surface area contributed by atoms with Gasteiger partial charge < -0.3 is 10.6 Å². The van der Waals surface area contributed by atoms with Gasteiger partial charge in [-0.05, 0) is 24.3 Å². The minimum absolute atomic E-state index is 0.105. The summed E-state index contributed by atoms with van der Waals surface area (Å²) in [6.07, 6.45) is 3.08. The number of rotatable bonds is 7. The molecule has 1 aromatic heterocycles. The third-order valence-corrected chi connectivity index (χ3v) is 4.49. The Balaban J connectivity index is 1.41. The van der Waals surface area contributed by atoms with E-state index in [2.05, 4.69) is 20.6 Å². The summed E-state index contributed by atoms with van der Waals surface area (Å²) in [5, 5.41) is 5.33. The first kappa shape index (κ1) is 19.5. The fraction of sp³-hybridized carbons (Fsp3) is 0.100. The first-order chi connectivity index (χ1) is 13.6. The standard InChI is InChI=1S/C20H17FN4O2S/c21-15-6-8-16(9-7-15)24-18(26)12-28-13-19(27)25-17-10-22-20(23-11-17)14-4-2-1-3-5-14/h1-11H,12-13H2,(H,24,26)(H,25,27). The molecule has 0 fully saturated rings. The van der Waals surface area contributed by atoms with Crippen molar-refractivity contribution in [2.45, 2.75) is 0 Å². The predicted octanol–water partition coefficient (Wildman–Crippen LogP) is 3.59. The van der Waals surface area contributed by atoms with E-state index >= 15 is 0 Å². The second-order valence-corrected chi connectivity index (χ2v) is 6.74. The Bertz CT molecular complexity index is 935. The van der Waals surface area contributed by atoms with Crippen LogP contribution in [0.15, 0.2) is 67.0 Å². The van der Waals surface area contributed by atoms with Gasteiger partial charge in [0.15, 0.2) is 5.82 Å². The Kier molecular flexibility index (Phi) is 6.69. The maximum Gasteiger partial charge on any atom is 0.234 e. The molecule has 28 heavy (non-hydrogen) atoms. The number of aromatic nitrogens is 2. The van der Waals surface area contributed by atoms with Crippen LogP contribution in [0.5, 0.6) is 0 Å². The van der Waals surface area contributed by atoms with Crippen LogP contribution in [0.4, 0.5) is 15.8 Å². The predicted molar refractivity (Wildman–Crippen MR) is 108 cm³/mol. The van der Waals surface area contributed by atoms with Gasteiger partial charge in [-0.25, -0.2) is 14.4 Å². The van der Waals surface area contributed by atoms with E-state index < -0.39 is 0 Å². The summed E-state index contributed by atoms with van der Waals surface area (Å²) in [5.74, 6) is -0.100. The number of anilines is 2. The third kappa shape index (κ3) is 5.88. The molecular weight excluding hydrogens is 379 g/mol. The van der Waals surface area contributed by atoms with E-state index in [9.17, 15) is 14.0 Å². The molecule has 0 radical (unpaired) electrons. The number of benzene rings is 2. The third-order valence-electron chi connectivity index (χ3n) is 3.56. The number of hydrogen-bond acceptors (Lipinski definition) is 5. The lowest BCUT2D eigenvalue weighted by Crippen LogP contribution is -2.18. The van der Waals surface area contributed by atoms with Crippen LogP contribution >= 0.6 is 11.8 Å². The van der Waals surface area contributed by atoms with Gasteiger partial charge in [0.05, 0.1) is 29.6 Å². The molecule has 1 heterocycles. The molecule has 3 rings (SSSR count). The molecule has 3 aromatic rings. The molecule has 6 nitrogen and oxygen atoms in total. The largest absolute Gasteiger partial charge is 0.325 e.